The normalized spacial score (nSPS) is 10.6. The lowest BCUT2D eigenvalue weighted by Crippen LogP contribution is -1.80. The Labute approximate surface area is 92.6 Å². The molecule has 0 aliphatic rings. The zero-order valence-corrected chi connectivity index (χ0v) is 10.6. The molecule has 0 amide bonds. The molecule has 0 nitrogen and oxygen atoms in total. The average Bonchev–Trinajstić information content (AvgIpc) is 2.16. The average molecular weight is 248 g/mol. The summed E-state index contributed by atoms with van der Waals surface area (Å²) in [5, 5.41) is 2.09. The molecule has 0 aliphatic heterocycles. The Kier molecular flexibility index (Phi) is 12.9. The first-order chi connectivity index (χ1) is 6.41. The van der Waals surface area contributed by atoms with Gasteiger partial charge in [0.1, 0.15) is 0 Å². The second kappa shape index (κ2) is 12.5. The highest BCUT2D eigenvalue weighted by atomic mass is 79.9. The molecule has 1 radical (unpaired) electrons. The minimum Gasteiger partial charge on any atom is -0.0879 e. The van der Waals surface area contributed by atoms with Crippen molar-refractivity contribution in [2.24, 2.45) is 0 Å². The van der Waals surface area contributed by atoms with Gasteiger partial charge in [-0.05, 0) is 6.42 Å². The molecule has 0 unspecified atom stereocenters. The fraction of sp³-hybridized carbons (Fsp3) is 0.917. The summed E-state index contributed by atoms with van der Waals surface area (Å²) in [6.45, 7) is 2.27. The van der Waals surface area contributed by atoms with Gasteiger partial charge < -0.3 is 0 Å². The summed E-state index contributed by atoms with van der Waals surface area (Å²) in [4.78, 5) is 0. The molecule has 1 heteroatoms. The Balaban J connectivity index is 2.76. The minimum absolute atomic E-state index is 1.23. The van der Waals surface area contributed by atoms with Crippen LogP contribution in [-0.2, 0) is 0 Å². The molecule has 0 bridgehead atoms. The largest absolute Gasteiger partial charge is 0.0879 e. The van der Waals surface area contributed by atoms with Crippen LogP contribution in [0.4, 0.5) is 0 Å². The molecule has 0 spiro atoms. The molecule has 0 saturated carbocycles. The number of rotatable bonds is 10. The zero-order chi connectivity index (χ0) is 9.78. The number of unbranched alkanes of at least 4 members (excludes halogenated alkanes) is 9. The fourth-order valence-electron chi connectivity index (χ4n) is 1.53. The molecular weight excluding hydrogens is 224 g/mol. The summed E-state index contributed by atoms with van der Waals surface area (Å²) in [5.41, 5.74) is 0. The van der Waals surface area contributed by atoms with Crippen LogP contribution in [0.1, 0.15) is 71.1 Å². The Morgan fingerprint density at radius 1 is 0.769 bits per heavy atom. The van der Waals surface area contributed by atoms with Crippen LogP contribution in [0.25, 0.3) is 0 Å². The second-order valence-corrected chi connectivity index (χ2v) is 4.42. The van der Waals surface area contributed by atoms with Gasteiger partial charge in [0.05, 0.1) is 0 Å². The lowest BCUT2D eigenvalue weighted by Gasteiger charge is -2.00. The van der Waals surface area contributed by atoms with Crippen molar-refractivity contribution in [2.75, 3.05) is 0 Å². The van der Waals surface area contributed by atoms with Gasteiger partial charge in [0, 0.05) is 5.33 Å². The highest BCUT2D eigenvalue weighted by Crippen LogP contribution is 2.11. The maximum atomic E-state index is 3.34. The summed E-state index contributed by atoms with van der Waals surface area (Å²) in [7, 11) is 0. The third-order valence-corrected chi connectivity index (χ3v) is 2.87. The van der Waals surface area contributed by atoms with Crippen LogP contribution in [0.5, 0.6) is 0 Å². The van der Waals surface area contributed by atoms with Gasteiger partial charge in [-0.2, -0.15) is 0 Å². The smallest absolute Gasteiger partial charge is 0.0271 e. The van der Waals surface area contributed by atoms with Crippen molar-refractivity contribution in [1.82, 2.24) is 0 Å². The van der Waals surface area contributed by atoms with E-state index in [9.17, 15) is 0 Å². The molecule has 0 aromatic heterocycles. The molecule has 0 aromatic carbocycles. The second-order valence-electron chi connectivity index (χ2n) is 3.77. The first-order valence-electron chi connectivity index (χ1n) is 5.83. The number of hydrogen-bond donors (Lipinski definition) is 0. The van der Waals surface area contributed by atoms with Gasteiger partial charge in [0.25, 0.3) is 0 Å². The van der Waals surface area contributed by atoms with Crippen LogP contribution in [-0.4, -0.2) is 0 Å². The van der Waals surface area contributed by atoms with Crippen LogP contribution < -0.4 is 0 Å². The van der Waals surface area contributed by atoms with E-state index in [2.05, 4.69) is 28.2 Å². The molecule has 0 saturated heterocycles. The van der Waals surface area contributed by atoms with Crippen LogP contribution in [0.3, 0.4) is 0 Å². The van der Waals surface area contributed by atoms with Gasteiger partial charge in [-0.3, -0.25) is 0 Å². The molecule has 0 heterocycles. The summed E-state index contributed by atoms with van der Waals surface area (Å²) >= 11 is 3.34. The van der Waals surface area contributed by atoms with E-state index in [-0.39, 0.29) is 0 Å². The summed E-state index contributed by atoms with van der Waals surface area (Å²) in [5.74, 6) is 0. The van der Waals surface area contributed by atoms with E-state index >= 15 is 0 Å². The van der Waals surface area contributed by atoms with E-state index in [1.165, 1.54) is 64.2 Å². The van der Waals surface area contributed by atoms with Crippen molar-refractivity contribution in [2.45, 2.75) is 71.1 Å². The summed E-state index contributed by atoms with van der Waals surface area (Å²) < 4.78 is 0. The SMILES string of the molecule is CCCCCCCCCCC[CH]Br. The molecule has 0 rings (SSSR count). The predicted molar refractivity (Wildman–Crippen MR) is 65.1 cm³/mol. The summed E-state index contributed by atoms with van der Waals surface area (Å²) in [6, 6.07) is 0. The maximum absolute atomic E-state index is 3.34. The topological polar surface area (TPSA) is 0 Å². The zero-order valence-electron chi connectivity index (χ0n) is 9.03. The Bertz CT molecular complexity index is 71.2. The van der Waals surface area contributed by atoms with Gasteiger partial charge in [-0.1, -0.05) is 80.6 Å². The predicted octanol–water partition coefficient (Wildman–Crippen LogP) is 5.46. The van der Waals surface area contributed by atoms with Crippen molar-refractivity contribution in [3.05, 3.63) is 5.33 Å². The monoisotopic (exact) mass is 247 g/mol. The first-order valence-corrected chi connectivity index (χ1v) is 6.75. The van der Waals surface area contributed by atoms with Gasteiger partial charge in [-0.15, -0.1) is 0 Å². The Hall–Kier alpha value is 0.480. The number of halogens is 1. The third kappa shape index (κ3) is 12.5. The Morgan fingerprint density at radius 2 is 1.23 bits per heavy atom. The van der Waals surface area contributed by atoms with E-state index in [1.807, 2.05) is 0 Å². The molecule has 0 N–H and O–H groups in total. The quantitative estimate of drug-likeness (QED) is 0.450. The van der Waals surface area contributed by atoms with Crippen molar-refractivity contribution < 1.29 is 0 Å². The molecule has 0 fully saturated rings. The fourth-order valence-corrected chi connectivity index (χ4v) is 1.86. The first kappa shape index (κ1) is 13.5. The lowest BCUT2D eigenvalue weighted by atomic mass is 10.1. The molecule has 79 valence electrons. The van der Waals surface area contributed by atoms with Crippen LogP contribution in [0, 0.1) is 5.33 Å². The summed E-state index contributed by atoms with van der Waals surface area (Å²) in [6.07, 6.45) is 14.0. The lowest BCUT2D eigenvalue weighted by molar-refractivity contribution is 0.566. The van der Waals surface area contributed by atoms with E-state index in [4.69, 9.17) is 0 Å². The molecule has 13 heavy (non-hydrogen) atoms. The number of hydrogen-bond acceptors (Lipinski definition) is 0. The van der Waals surface area contributed by atoms with Crippen molar-refractivity contribution in [1.29, 1.82) is 0 Å². The van der Waals surface area contributed by atoms with Crippen molar-refractivity contribution in [3.63, 3.8) is 0 Å². The van der Waals surface area contributed by atoms with Gasteiger partial charge in [-0.25, -0.2) is 0 Å². The van der Waals surface area contributed by atoms with E-state index < -0.39 is 0 Å². The van der Waals surface area contributed by atoms with Crippen molar-refractivity contribution >= 4 is 15.9 Å². The van der Waals surface area contributed by atoms with Gasteiger partial charge in [0.2, 0.25) is 0 Å². The van der Waals surface area contributed by atoms with E-state index in [0.29, 0.717) is 0 Å². The van der Waals surface area contributed by atoms with E-state index in [0.717, 1.165) is 0 Å². The molecule has 0 atom stereocenters. The third-order valence-electron chi connectivity index (χ3n) is 2.42. The van der Waals surface area contributed by atoms with Crippen LogP contribution in [0.15, 0.2) is 0 Å². The Morgan fingerprint density at radius 3 is 1.69 bits per heavy atom. The standard InChI is InChI=1S/C12H24Br/c1-2-3-4-5-6-7-8-9-10-11-12-13/h12H,2-11H2,1H3. The maximum Gasteiger partial charge on any atom is 0.0271 e. The van der Waals surface area contributed by atoms with Crippen LogP contribution >= 0.6 is 15.9 Å². The minimum atomic E-state index is 1.23. The molecule has 0 aromatic rings. The highest BCUT2D eigenvalue weighted by molar-refractivity contribution is 9.10. The molecular formula is C12H24Br. The van der Waals surface area contributed by atoms with Crippen LogP contribution in [0.2, 0.25) is 0 Å². The molecule has 0 aliphatic carbocycles. The van der Waals surface area contributed by atoms with Crippen molar-refractivity contribution in [3.8, 4) is 0 Å². The highest BCUT2D eigenvalue weighted by Gasteiger charge is 1.91. The van der Waals surface area contributed by atoms with E-state index in [1.54, 1.807) is 0 Å². The van der Waals surface area contributed by atoms with Gasteiger partial charge in [0.15, 0.2) is 0 Å². The van der Waals surface area contributed by atoms with Gasteiger partial charge >= 0.3 is 0 Å².